The second-order valence-electron chi connectivity index (χ2n) is 6.23. The van der Waals surface area contributed by atoms with Crippen molar-refractivity contribution in [1.29, 1.82) is 0 Å². The van der Waals surface area contributed by atoms with Crippen LogP contribution in [0.2, 0.25) is 0 Å². The average molecular weight is 314 g/mol. The molecule has 1 aliphatic heterocycles. The van der Waals surface area contributed by atoms with E-state index in [9.17, 15) is 9.59 Å². The maximum absolute atomic E-state index is 12.8. The van der Waals surface area contributed by atoms with Gasteiger partial charge in [-0.2, -0.15) is 0 Å². The molecule has 0 aliphatic carbocycles. The second kappa shape index (κ2) is 6.02. The summed E-state index contributed by atoms with van der Waals surface area (Å²) in [7, 11) is 3.62. The van der Waals surface area contributed by atoms with Crippen LogP contribution in [0.25, 0.3) is 11.0 Å². The maximum atomic E-state index is 12.8. The Bertz CT molecular complexity index is 739. The first kappa shape index (κ1) is 15.5. The highest BCUT2D eigenvalue weighted by molar-refractivity contribution is 5.84. The van der Waals surface area contributed by atoms with Gasteiger partial charge in [0.2, 0.25) is 11.8 Å². The van der Waals surface area contributed by atoms with E-state index < -0.39 is 0 Å². The van der Waals surface area contributed by atoms with Crippen molar-refractivity contribution >= 4 is 22.8 Å². The van der Waals surface area contributed by atoms with Crippen LogP contribution >= 0.6 is 0 Å². The molecule has 1 fully saturated rings. The van der Waals surface area contributed by atoms with Gasteiger partial charge in [0.15, 0.2) is 0 Å². The molecule has 0 spiro atoms. The number of aromatic nitrogens is 2. The fourth-order valence-corrected chi connectivity index (χ4v) is 3.19. The van der Waals surface area contributed by atoms with Crippen LogP contribution < -0.4 is 0 Å². The van der Waals surface area contributed by atoms with Crippen molar-refractivity contribution < 1.29 is 9.59 Å². The molecule has 2 heterocycles. The van der Waals surface area contributed by atoms with Gasteiger partial charge < -0.3 is 14.4 Å². The fourth-order valence-electron chi connectivity index (χ4n) is 3.19. The SMILES string of the molecule is CC(C(=O)N(C)C1CCC(=O)N(C)C1)n1cnc2ccccc21. The number of hydrogen-bond donors (Lipinski definition) is 0. The van der Waals surface area contributed by atoms with E-state index in [1.54, 1.807) is 23.2 Å². The molecule has 2 aromatic rings. The van der Waals surface area contributed by atoms with E-state index in [2.05, 4.69) is 4.98 Å². The molecule has 3 rings (SSSR count). The number of amides is 2. The number of carbonyl (C=O) groups excluding carboxylic acids is 2. The van der Waals surface area contributed by atoms with E-state index in [1.165, 1.54) is 0 Å². The van der Waals surface area contributed by atoms with Gasteiger partial charge in [0.1, 0.15) is 6.04 Å². The number of nitrogens with zero attached hydrogens (tertiary/aromatic N) is 4. The smallest absolute Gasteiger partial charge is 0.245 e. The Morgan fingerprint density at radius 2 is 2.13 bits per heavy atom. The van der Waals surface area contributed by atoms with Crippen LogP contribution in [0.5, 0.6) is 0 Å². The zero-order chi connectivity index (χ0) is 16.6. The molecular weight excluding hydrogens is 292 g/mol. The van der Waals surface area contributed by atoms with Crippen molar-refractivity contribution in [3.8, 4) is 0 Å². The number of benzene rings is 1. The molecule has 1 saturated heterocycles. The number of likely N-dealkylation sites (tertiary alicyclic amines) is 1. The van der Waals surface area contributed by atoms with Gasteiger partial charge in [-0.1, -0.05) is 12.1 Å². The Balaban J connectivity index is 1.78. The zero-order valence-corrected chi connectivity index (χ0v) is 13.8. The second-order valence-corrected chi connectivity index (χ2v) is 6.23. The summed E-state index contributed by atoms with van der Waals surface area (Å²) in [6.45, 7) is 2.49. The van der Waals surface area contributed by atoms with Crippen LogP contribution in [0.4, 0.5) is 0 Å². The van der Waals surface area contributed by atoms with Gasteiger partial charge >= 0.3 is 0 Å². The number of imidazole rings is 1. The normalized spacial score (nSPS) is 19.9. The summed E-state index contributed by atoms with van der Waals surface area (Å²) in [5.41, 5.74) is 1.84. The molecule has 2 amide bonds. The lowest BCUT2D eigenvalue weighted by molar-refractivity contribution is -0.141. The van der Waals surface area contributed by atoms with Gasteiger partial charge in [-0.3, -0.25) is 9.59 Å². The third-order valence-electron chi connectivity index (χ3n) is 4.75. The number of rotatable bonds is 3. The lowest BCUT2D eigenvalue weighted by Gasteiger charge is -2.36. The van der Waals surface area contributed by atoms with Gasteiger partial charge in [0.25, 0.3) is 0 Å². The van der Waals surface area contributed by atoms with E-state index in [0.29, 0.717) is 13.0 Å². The summed E-state index contributed by atoms with van der Waals surface area (Å²) in [5.74, 6) is 0.191. The molecule has 1 aliphatic rings. The van der Waals surface area contributed by atoms with Crippen LogP contribution in [-0.2, 0) is 9.59 Å². The summed E-state index contributed by atoms with van der Waals surface area (Å²) in [4.78, 5) is 32.3. The monoisotopic (exact) mass is 314 g/mol. The first-order valence-corrected chi connectivity index (χ1v) is 7.91. The first-order chi connectivity index (χ1) is 11.0. The lowest BCUT2D eigenvalue weighted by atomic mass is 10.0. The van der Waals surface area contributed by atoms with Crippen LogP contribution in [0.1, 0.15) is 25.8 Å². The molecular formula is C17H22N4O2. The Morgan fingerprint density at radius 1 is 1.39 bits per heavy atom. The minimum Gasteiger partial charge on any atom is -0.344 e. The highest BCUT2D eigenvalue weighted by Gasteiger charge is 2.30. The Labute approximate surface area is 135 Å². The van der Waals surface area contributed by atoms with Crippen LogP contribution in [0.15, 0.2) is 30.6 Å². The predicted octanol–water partition coefficient (Wildman–Crippen LogP) is 1.68. The first-order valence-electron chi connectivity index (χ1n) is 7.91. The largest absolute Gasteiger partial charge is 0.344 e. The van der Waals surface area contributed by atoms with Crippen LogP contribution in [0.3, 0.4) is 0 Å². The molecule has 122 valence electrons. The summed E-state index contributed by atoms with van der Waals surface area (Å²) in [5, 5.41) is 0. The lowest BCUT2D eigenvalue weighted by Crippen LogP contribution is -2.50. The molecule has 0 radical (unpaired) electrons. The van der Waals surface area contributed by atoms with Crippen molar-refractivity contribution in [2.75, 3.05) is 20.6 Å². The Kier molecular flexibility index (Phi) is 4.07. The number of fused-ring (bicyclic) bond motifs is 1. The zero-order valence-electron chi connectivity index (χ0n) is 13.8. The van der Waals surface area contributed by atoms with Gasteiger partial charge in [0.05, 0.1) is 17.4 Å². The third kappa shape index (κ3) is 2.81. The van der Waals surface area contributed by atoms with Crippen molar-refractivity contribution in [2.45, 2.75) is 31.8 Å². The van der Waals surface area contributed by atoms with Gasteiger partial charge in [-0.05, 0) is 25.5 Å². The summed E-state index contributed by atoms with van der Waals surface area (Å²) in [6, 6.07) is 7.54. The number of para-hydroxylation sites is 2. The molecule has 0 N–H and O–H groups in total. The van der Waals surface area contributed by atoms with Crippen molar-refractivity contribution in [3.63, 3.8) is 0 Å². The van der Waals surface area contributed by atoms with E-state index in [-0.39, 0.29) is 23.9 Å². The van der Waals surface area contributed by atoms with Crippen molar-refractivity contribution in [2.24, 2.45) is 0 Å². The van der Waals surface area contributed by atoms with Gasteiger partial charge in [-0.25, -0.2) is 4.98 Å². The van der Waals surface area contributed by atoms with Gasteiger partial charge in [-0.15, -0.1) is 0 Å². The molecule has 1 aromatic heterocycles. The van der Waals surface area contributed by atoms with E-state index in [0.717, 1.165) is 17.5 Å². The van der Waals surface area contributed by atoms with Gasteiger partial charge in [0, 0.05) is 33.1 Å². The summed E-state index contributed by atoms with van der Waals surface area (Å²) < 4.78 is 1.91. The van der Waals surface area contributed by atoms with Crippen LogP contribution in [-0.4, -0.2) is 57.8 Å². The molecule has 6 heteroatoms. The topological polar surface area (TPSA) is 58.4 Å². The minimum atomic E-state index is -0.324. The molecule has 0 saturated carbocycles. The Morgan fingerprint density at radius 3 is 2.87 bits per heavy atom. The summed E-state index contributed by atoms with van der Waals surface area (Å²) in [6.07, 6.45) is 2.95. The number of piperidine rings is 1. The minimum absolute atomic E-state index is 0.0425. The molecule has 23 heavy (non-hydrogen) atoms. The third-order valence-corrected chi connectivity index (χ3v) is 4.75. The standard InChI is InChI=1S/C17H22N4O2/c1-12(21-11-18-14-6-4-5-7-15(14)21)17(23)20(3)13-8-9-16(22)19(2)10-13/h4-7,11-13H,8-10H2,1-3H3. The van der Waals surface area contributed by atoms with E-state index in [4.69, 9.17) is 0 Å². The van der Waals surface area contributed by atoms with E-state index in [1.807, 2.05) is 42.8 Å². The molecule has 1 aromatic carbocycles. The predicted molar refractivity (Wildman–Crippen MR) is 87.9 cm³/mol. The maximum Gasteiger partial charge on any atom is 0.245 e. The molecule has 2 unspecified atom stereocenters. The fraction of sp³-hybridized carbons (Fsp3) is 0.471. The van der Waals surface area contributed by atoms with Crippen LogP contribution in [0, 0.1) is 0 Å². The van der Waals surface area contributed by atoms with Crippen molar-refractivity contribution in [3.05, 3.63) is 30.6 Å². The highest BCUT2D eigenvalue weighted by Crippen LogP contribution is 2.21. The molecule has 0 bridgehead atoms. The number of hydrogen-bond acceptors (Lipinski definition) is 3. The Hall–Kier alpha value is -2.37. The average Bonchev–Trinajstić information content (AvgIpc) is 2.99. The molecule has 2 atom stereocenters. The van der Waals surface area contributed by atoms with Crippen molar-refractivity contribution in [1.82, 2.24) is 19.4 Å². The highest BCUT2D eigenvalue weighted by atomic mass is 16.2. The van der Waals surface area contributed by atoms with E-state index >= 15 is 0 Å². The summed E-state index contributed by atoms with van der Waals surface area (Å²) >= 11 is 0. The molecule has 6 nitrogen and oxygen atoms in total. The quantitative estimate of drug-likeness (QED) is 0.866. The number of likely N-dealkylation sites (N-methyl/N-ethyl adjacent to an activating group) is 2. The number of carbonyl (C=O) groups is 2.